The largest absolute Gasteiger partial charge is 0.492 e. The Balaban J connectivity index is 1.43. The van der Waals surface area contributed by atoms with Crippen LogP contribution < -0.4 is 15.8 Å². The average molecular weight is 328 g/mol. The van der Waals surface area contributed by atoms with E-state index in [1.165, 1.54) is 5.39 Å². The van der Waals surface area contributed by atoms with Gasteiger partial charge in [-0.25, -0.2) is 0 Å². The number of hydrogen-bond donors (Lipinski definition) is 2. The van der Waals surface area contributed by atoms with E-state index in [2.05, 4.69) is 17.4 Å². The Hall–Kier alpha value is -2.11. The third kappa shape index (κ3) is 4.24. The predicted octanol–water partition coefficient (Wildman–Crippen LogP) is 2.09. The topological polar surface area (TPSA) is 73.6 Å². The van der Waals surface area contributed by atoms with Crippen LogP contribution in [0.1, 0.15) is 12.8 Å². The van der Waals surface area contributed by atoms with Gasteiger partial charge in [-0.1, -0.05) is 30.3 Å². The number of carbonyl (C=O) groups is 1. The summed E-state index contributed by atoms with van der Waals surface area (Å²) in [5.41, 5.74) is 6.04. The molecule has 1 heterocycles. The monoisotopic (exact) mass is 328 g/mol. The maximum absolute atomic E-state index is 12.1. The van der Waals surface area contributed by atoms with E-state index in [9.17, 15) is 4.79 Å². The first kappa shape index (κ1) is 16.7. The maximum Gasteiger partial charge on any atom is 0.237 e. The quantitative estimate of drug-likeness (QED) is 0.796. The highest BCUT2D eigenvalue weighted by molar-refractivity contribution is 5.83. The molecule has 2 aromatic carbocycles. The third-order valence-corrected chi connectivity index (χ3v) is 4.47. The van der Waals surface area contributed by atoms with E-state index in [1.807, 2.05) is 30.3 Å². The first-order valence-corrected chi connectivity index (χ1v) is 8.47. The molecule has 5 heteroatoms. The molecule has 1 unspecified atom stereocenters. The van der Waals surface area contributed by atoms with Crippen LogP contribution in [0.15, 0.2) is 42.5 Å². The van der Waals surface area contributed by atoms with Crippen LogP contribution in [-0.2, 0) is 9.53 Å². The second kappa shape index (κ2) is 8.13. The molecule has 1 aliphatic rings. The molecule has 0 aliphatic carbocycles. The minimum absolute atomic E-state index is 0.107. The molecule has 1 amide bonds. The first-order valence-electron chi connectivity index (χ1n) is 8.47. The number of ether oxygens (including phenoxy) is 2. The summed E-state index contributed by atoms with van der Waals surface area (Å²) < 4.78 is 11.0. The summed E-state index contributed by atoms with van der Waals surface area (Å²) in [7, 11) is 0. The molecule has 3 rings (SSSR count). The average Bonchev–Trinajstić information content (AvgIpc) is 2.65. The van der Waals surface area contributed by atoms with Crippen molar-refractivity contribution in [2.24, 2.45) is 11.7 Å². The van der Waals surface area contributed by atoms with Crippen LogP contribution in [0.3, 0.4) is 0 Å². The molecule has 1 saturated heterocycles. The predicted molar refractivity (Wildman–Crippen MR) is 94.0 cm³/mol. The smallest absolute Gasteiger partial charge is 0.237 e. The van der Waals surface area contributed by atoms with E-state index in [4.69, 9.17) is 15.2 Å². The Morgan fingerprint density at radius 2 is 1.96 bits per heavy atom. The van der Waals surface area contributed by atoms with Crippen LogP contribution >= 0.6 is 0 Å². The Kier molecular flexibility index (Phi) is 5.67. The van der Waals surface area contributed by atoms with Gasteiger partial charge >= 0.3 is 0 Å². The highest BCUT2D eigenvalue weighted by Gasteiger charge is 2.26. The summed E-state index contributed by atoms with van der Waals surface area (Å²) >= 11 is 0. The van der Waals surface area contributed by atoms with Gasteiger partial charge < -0.3 is 20.5 Å². The van der Waals surface area contributed by atoms with Crippen molar-refractivity contribution >= 4 is 16.7 Å². The molecule has 0 aromatic heterocycles. The third-order valence-electron chi connectivity index (χ3n) is 4.47. The molecule has 1 fully saturated rings. The summed E-state index contributed by atoms with van der Waals surface area (Å²) in [5.74, 6) is 0.904. The molecule has 0 saturated carbocycles. The number of fused-ring (bicyclic) bond motifs is 1. The molecular weight excluding hydrogens is 304 g/mol. The van der Waals surface area contributed by atoms with Gasteiger partial charge in [-0.15, -0.1) is 0 Å². The van der Waals surface area contributed by atoms with Crippen molar-refractivity contribution in [3.05, 3.63) is 42.5 Å². The lowest BCUT2D eigenvalue weighted by Crippen LogP contribution is -2.47. The zero-order valence-electron chi connectivity index (χ0n) is 13.7. The fourth-order valence-electron chi connectivity index (χ4n) is 3.01. The van der Waals surface area contributed by atoms with Crippen molar-refractivity contribution in [1.82, 2.24) is 5.32 Å². The standard InChI is InChI=1S/C19H24N2O3/c20-18(15-7-10-23-11-8-15)19(22)21-9-12-24-17-6-5-14-3-1-2-4-16(14)13-17/h1-6,13,15,18H,7-12,20H2,(H,21,22). The second-order valence-electron chi connectivity index (χ2n) is 6.12. The van der Waals surface area contributed by atoms with Gasteiger partial charge in [-0.2, -0.15) is 0 Å². The van der Waals surface area contributed by atoms with Gasteiger partial charge in [0.1, 0.15) is 12.4 Å². The van der Waals surface area contributed by atoms with Crippen LogP contribution in [0.5, 0.6) is 5.75 Å². The van der Waals surface area contributed by atoms with Crippen molar-refractivity contribution < 1.29 is 14.3 Å². The van der Waals surface area contributed by atoms with Crippen molar-refractivity contribution in [2.45, 2.75) is 18.9 Å². The van der Waals surface area contributed by atoms with E-state index in [-0.39, 0.29) is 11.8 Å². The molecule has 5 nitrogen and oxygen atoms in total. The van der Waals surface area contributed by atoms with Crippen LogP contribution in [0, 0.1) is 5.92 Å². The highest BCUT2D eigenvalue weighted by Crippen LogP contribution is 2.20. The molecular formula is C19H24N2O3. The Bertz CT molecular complexity index is 683. The van der Waals surface area contributed by atoms with E-state index in [1.54, 1.807) is 0 Å². The molecule has 1 atom stereocenters. The van der Waals surface area contributed by atoms with Crippen molar-refractivity contribution in [1.29, 1.82) is 0 Å². The summed E-state index contributed by atoms with van der Waals surface area (Å²) in [4.78, 5) is 12.1. The number of nitrogens with one attached hydrogen (secondary N) is 1. The summed E-state index contributed by atoms with van der Waals surface area (Å²) in [5, 5.41) is 5.18. The zero-order valence-corrected chi connectivity index (χ0v) is 13.7. The number of rotatable bonds is 6. The van der Waals surface area contributed by atoms with Crippen molar-refractivity contribution in [3.8, 4) is 5.75 Å². The van der Waals surface area contributed by atoms with Gasteiger partial charge in [0.05, 0.1) is 12.6 Å². The molecule has 128 valence electrons. The van der Waals surface area contributed by atoms with E-state index < -0.39 is 6.04 Å². The Morgan fingerprint density at radius 1 is 1.21 bits per heavy atom. The SMILES string of the molecule is NC(C(=O)NCCOc1ccc2ccccc2c1)C1CCOCC1. The van der Waals surface area contributed by atoms with Gasteiger partial charge in [-0.3, -0.25) is 4.79 Å². The van der Waals surface area contributed by atoms with Crippen LogP contribution in [0.2, 0.25) is 0 Å². The van der Waals surface area contributed by atoms with Crippen LogP contribution in [-0.4, -0.2) is 38.3 Å². The summed E-state index contributed by atoms with van der Waals surface area (Å²) in [6.07, 6.45) is 1.70. The molecule has 0 spiro atoms. The number of nitrogens with two attached hydrogens (primary N) is 1. The van der Waals surface area contributed by atoms with E-state index >= 15 is 0 Å². The van der Waals surface area contributed by atoms with Crippen molar-refractivity contribution in [3.63, 3.8) is 0 Å². The van der Waals surface area contributed by atoms with Crippen LogP contribution in [0.25, 0.3) is 10.8 Å². The lowest BCUT2D eigenvalue weighted by molar-refractivity contribution is -0.124. The van der Waals surface area contributed by atoms with E-state index in [0.29, 0.717) is 26.4 Å². The number of hydrogen-bond acceptors (Lipinski definition) is 4. The van der Waals surface area contributed by atoms with Crippen molar-refractivity contribution in [2.75, 3.05) is 26.4 Å². The molecule has 2 aromatic rings. The molecule has 1 aliphatic heterocycles. The minimum atomic E-state index is -0.463. The van der Waals surface area contributed by atoms with Crippen LogP contribution in [0.4, 0.5) is 0 Å². The minimum Gasteiger partial charge on any atom is -0.492 e. The Morgan fingerprint density at radius 3 is 2.75 bits per heavy atom. The van der Waals surface area contributed by atoms with Gasteiger partial charge in [0, 0.05) is 13.2 Å². The lowest BCUT2D eigenvalue weighted by atomic mass is 9.92. The second-order valence-corrected chi connectivity index (χ2v) is 6.12. The van der Waals surface area contributed by atoms with Gasteiger partial charge in [0.2, 0.25) is 5.91 Å². The number of benzene rings is 2. The zero-order chi connectivity index (χ0) is 16.8. The fraction of sp³-hybridized carbons (Fsp3) is 0.421. The molecule has 24 heavy (non-hydrogen) atoms. The van der Waals surface area contributed by atoms with E-state index in [0.717, 1.165) is 24.0 Å². The maximum atomic E-state index is 12.1. The summed E-state index contributed by atoms with van der Waals surface area (Å²) in [6, 6.07) is 13.7. The normalized spacial score (nSPS) is 16.7. The molecule has 3 N–H and O–H groups in total. The summed E-state index contributed by atoms with van der Waals surface area (Å²) in [6.45, 7) is 2.25. The number of amides is 1. The fourth-order valence-corrected chi connectivity index (χ4v) is 3.01. The Labute approximate surface area is 142 Å². The molecule has 0 bridgehead atoms. The molecule has 0 radical (unpaired) electrons. The first-order chi connectivity index (χ1) is 11.7. The van der Waals surface area contributed by atoms with Gasteiger partial charge in [0.25, 0.3) is 0 Å². The number of carbonyl (C=O) groups excluding carboxylic acids is 1. The van der Waals surface area contributed by atoms with Gasteiger partial charge in [-0.05, 0) is 41.7 Å². The van der Waals surface area contributed by atoms with Gasteiger partial charge in [0.15, 0.2) is 0 Å². The highest BCUT2D eigenvalue weighted by atomic mass is 16.5. The lowest BCUT2D eigenvalue weighted by Gasteiger charge is -2.26.